The highest BCUT2D eigenvalue weighted by Gasteiger charge is 2.39. The fourth-order valence-corrected chi connectivity index (χ4v) is 6.68. The zero-order valence-electron chi connectivity index (χ0n) is 26.3. The van der Waals surface area contributed by atoms with Crippen LogP contribution < -0.4 is 5.32 Å². The SMILES string of the molecule is C=C(N1CCN(Cc2cccc(CC(C)(C(=C)Nc3ccc(C#N)c(C(F)(F)F)c3)C3CCCCC3)c2)CC1)C(C)(C)C. The standard InChI is InChI=1S/C36H47F3N4/c1-26(41-32-16-15-30(24-40)33(22-32)36(37,38)39)35(6,31-13-8-7-9-14-31)23-28-11-10-12-29(21-28)25-42-17-19-43(20-18-42)27(2)34(3,4)5/h10-12,15-16,21-22,31,41H,1-2,7-9,13-14,17-20,23,25H2,3-6H3. The Labute approximate surface area is 256 Å². The zero-order valence-corrected chi connectivity index (χ0v) is 26.3. The van der Waals surface area contributed by atoms with E-state index in [1.165, 1.54) is 35.4 Å². The molecule has 2 fully saturated rings. The molecule has 1 N–H and O–H groups in total. The lowest BCUT2D eigenvalue weighted by atomic mass is 9.65. The summed E-state index contributed by atoms with van der Waals surface area (Å²) in [5.41, 5.74) is 3.11. The molecular formula is C36H47F3N4. The average molecular weight is 593 g/mol. The smallest absolute Gasteiger partial charge is 0.372 e. The first-order valence-electron chi connectivity index (χ1n) is 15.5. The quantitative estimate of drug-likeness (QED) is 0.316. The molecule has 43 heavy (non-hydrogen) atoms. The first-order chi connectivity index (χ1) is 20.2. The van der Waals surface area contributed by atoms with E-state index in [4.69, 9.17) is 0 Å². The second kappa shape index (κ2) is 13.2. The first kappa shape index (κ1) is 32.7. The van der Waals surface area contributed by atoms with Crippen LogP contribution in [0.2, 0.25) is 0 Å². The molecule has 1 saturated carbocycles. The van der Waals surface area contributed by atoms with E-state index in [1.807, 2.05) is 0 Å². The van der Waals surface area contributed by atoms with E-state index < -0.39 is 11.7 Å². The summed E-state index contributed by atoms with van der Waals surface area (Å²) in [6.45, 7) is 22.4. The second-order valence-electron chi connectivity index (χ2n) is 13.7. The van der Waals surface area contributed by atoms with Crippen LogP contribution in [0.15, 0.2) is 67.0 Å². The number of hydrogen-bond donors (Lipinski definition) is 1. The molecule has 0 bridgehead atoms. The molecule has 4 rings (SSSR count). The van der Waals surface area contributed by atoms with Gasteiger partial charge in [-0.2, -0.15) is 18.4 Å². The van der Waals surface area contributed by atoms with Gasteiger partial charge in [-0.05, 0) is 54.5 Å². The number of benzene rings is 2. The van der Waals surface area contributed by atoms with Gasteiger partial charge in [0.2, 0.25) is 0 Å². The molecule has 2 aliphatic rings. The first-order valence-corrected chi connectivity index (χ1v) is 15.5. The molecule has 4 nitrogen and oxygen atoms in total. The second-order valence-corrected chi connectivity index (χ2v) is 13.7. The van der Waals surface area contributed by atoms with Crippen molar-refractivity contribution in [1.82, 2.24) is 9.80 Å². The molecule has 232 valence electrons. The summed E-state index contributed by atoms with van der Waals surface area (Å²) in [4.78, 5) is 4.90. The Bertz CT molecular complexity index is 1340. The van der Waals surface area contributed by atoms with Crippen molar-refractivity contribution >= 4 is 5.69 Å². The van der Waals surface area contributed by atoms with Crippen LogP contribution in [-0.4, -0.2) is 36.0 Å². The summed E-state index contributed by atoms with van der Waals surface area (Å²) in [7, 11) is 0. The van der Waals surface area contributed by atoms with Gasteiger partial charge < -0.3 is 10.2 Å². The van der Waals surface area contributed by atoms with Gasteiger partial charge in [0, 0.05) is 60.6 Å². The molecule has 1 heterocycles. The molecule has 0 amide bonds. The summed E-state index contributed by atoms with van der Waals surface area (Å²) < 4.78 is 41.0. The van der Waals surface area contributed by atoms with Crippen molar-refractivity contribution < 1.29 is 13.2 Å². The Kier molecular flexibility index (Phi) is 10.0. The minimum atomic E-state index is -4.61. The number of nitrogens with one attached hydrogen (secondary N) is 1. The predicted octanol–water partition coefficient (Wildman–Crippen LogP) is 9.01. The van der Waals surface area contributed by atoms with Gasteiger partial charge in [-0.3, -0.25) is 4.90 Å². The van der Waals surface area contributed by atoms with E-state index in [0.29, 0.717) is 11.6 Å². The van der Waals surface area contributed by atoms with Crippen molar-refractivity contribution in [2.45, 2.75) is 78.9 Å². The largest absolute Gasteiger partial charge is 0.417 e. The van der Waals surface area contributed by atoms with E-state index in [9.17, 15) is 18.4 Å². The van der Waals surface area contributed by atoms with Gasteiger partial charge in [0.25, 0.3) is 0 Å². The van der Waals surface area contributed by atoms with E-state index in [2.05, 4.69) is 80.2 Å². The molecule has 2 aromatic rings. The number of rotatable bonds is 9. The molecule has 2 aromatic carbocycles. The topological polar surface area (TPSA) is 42.3 Å². The van der Waals surface area contributed by atoms with Gasteiger partial charge in [-0.25, -0.2) is 0 Å². The lowest BCUT2D eigenvalue weighted by Gasteiger charge is -2.42. The zero-order chi connectivity index (χ0) is 31.4. The fraction of sp³-hybridized carbons (Fsp3) is 0.528. The van der Waals surface area contributed by atoms with Gasteiger partial charge in [-0.15, -0.1) is 0 Å². The molecule has 1 unspecified atom stereocenters. The Morgan fingerprint density at radius 2 is 1.58 bits per heavy atom. The third kappa shape index (κ3) is 8.03. The Morgan fingerprint density at radius 1 is 0.930 bits per heavy atom. The van der Waals surface area contributed by atoms with Crippen LogP contribution in [0.4, 0.5) is 18.9 Å². The van der Waals surface area contributed by atoms with Crippen molar-refractivity contribution in [2.24, 2.45) is 16.7 Å². The highest BCUT2D eigenvalue weighted by Crippen LogP contribution is 2.46. The van der Waals surface area contributed by atoms with Crippen LogP contribution >= 0.6 is 0 Å². The van der Waals surface area contributed by atoms with Crippen molar-refractivity contribution in [3.8, 4) is 6.07 Å². The van der Waals surface area contributed by atoms with Gasteiger partial charge >= 0.3 is 6.18 Å². The molecular weight excluding hydrogens is 545 g/mol. The van der Waals surface area contributed by atoms with E-state index in [0.717, 1.165) is 76.6 Å². The summed E-state index contributed by atoms with van der Waals surface area (Å²) >= 11 is 0. The summed E-state index contributed by atoms with van der Waals surface area (Å²) in [5, 5.41) is 12.5. The van der Waals surface area contributed by atoms with Crippen LogP contribution in [0.5, 0.6) is 0 Å². The Hall–Kier alpha value is -3.24. The summed E-state index contributed by atoms with van der Waals surface area (Å²) in [6.07, 6.45) is 1.79. The molecule has 1 aliphatic heterocycles. The highest BCUT2D eigenvalue weighted by atomic mass is 19.4. The monoisotopic (exact) mass is 592 g/mol. The van der Waals surface area contributed by atoms with Crippen LogP contribution in [0.1, 0.15) is 82.1 Å². The van der Waals surface area contributed by atoms with Crippen molar-refractivity contribution in [3.05, 3.63) is 89.3 Å². The van der Waals surface area contributed by atoms with Crippen molar-refractivity contribution in [3.63, 3.8) is 0 Å². The maximum Gasteiger partial charge on any atom is 0.417 e. The number of hydrogen-bond acceptors (Lipinski definition) is 4. The minimum absolute atomic E-state index is 0.0705. The number of allylic oxidation sites excluding steroid dienone is 2. The number of nitrogens with zero attached hydrogens (tertiary/aromatic N) is 3. The van der Waals surface area contributed by atoms with Gasteiger partial charge in [0.15, 0.2) is 0 Å². The molecule has 0 radical (unpaired) electrons. The number of halogens is 3. The van der Waals surface area contributed by atoms with Crippen LogP contribution in [0.25, 0.3) is 0 Å². The fourth-order valence-electron chi connectivity index (χ4n) is 6.68. The lowest BCUT2D eigenvalue weighted by Crippen LogP contribution is -2.46. The average Bonchev–Trinajstić information content (AvgIpc) is 2.97. The van der Waals surface area contributed by atoms with Gasteiger partial charge in [0.1, 0.15) is 0 Å². The predicted molar refractivity (Wildman–Crippen MR) is 169 cm³/mol. The minimum Gasteiger partial charge on any atom is -0.372 e. The van der Waals surface area contributed by atoms with E-state index in [-0.39, 0.29) is 16.4 Å². The maximum absolute atomic E-state index is 13.7. The summed E-state index contributed by atoms with van der Waals surface area (Å²) in [5.74, 6) is 0.370. The van der Waals surface area contributed by atoms with Gasteiger partial charge in [-0.1, -0.05) is 84.4 Å². The molecule has 0 aromatic heterocycles. The number of nitriles is 1. The number of anilines is 1. The summed E-state index contributed by atoms with van der Waals surface area (Å²) in [6, 6.07) is 14.2. The normalized spacial score (nSPS) is 18.5. The van der Waals surface area contributed by atoms with Crippen molar-refractivity contribution in [1.29, 1.82) is 5.26 Å². The highest BCUT2D eigenvalue weighted by molar-refractivity contribution is 5.56. The van der Waals surface area contributed by atoms with Gasteiger partial charge in [0.05, 0.1) is 17.2 Å². The Balaban J connectivity index is 1.50. The van der Waals surface area contributed by atoms with Crippen molar-refractivity contribution in [2.75, 3.05) is 31.5 Å². The van der Waals surface area contributed by atoms with Crippen LogP contribution in [-0.2, 0) is 19.1 Å². The number of piperazine rings is 1. The molecule has 7 heteroatoms. The van der Waals surface area contributed by atoms with E-state index in [1.54, 1.807) is 6.07 Å². The maximum atomic E-state index is 13.7. The molecule has 0 spiro atoms. The molecule has 1 saturated heterocycles. The van der Waals surface area contributed by atoms with Crippen LogP contribution in [0, 0.1) is 28.1 Å². The Morgan fingerprint density at radius 3 is 2.19 bits per heavy atom. The van der Waals surface area contributed by atoms with E-state index >= 15 is 0 Å². The third-order valence-corrected chi connectivity index (χ3v) is 9.52. The van der Waals surface area contributed by atoms with Crippen LogP contribution in [0.3, 0.4) is 0 Å². The third-order valence-electron chi connectivity index (χ3n) is 9.52. The number of alkyl halides is 3. The lowest BCUT2D eigenvalue weighted by molar-refractivity contribution is -0.137. The molecule has 1 aliphatic carbocycles. The molecule has 1 atom stereocenters.